The smallest absolute Gasteiger partial charge is 0.300 e. The van der Waals surface area contributed by atoms with E-state index in [1.54, 1.807) is 6.92 Å². The lowest BCUT2D eigenvalue weighted by molar-refractivity contribution is 0.449. The number of nitrogens with one attached hydrogen (secondary N) is 2. The molecule has 3 aromatic carbocycles. The van der Waals surface area contributed by atoms with Crippen molar-refractivity contribution in [2.24, 2.45) is 0 Å². The second-order valence-electron chi connectivity index (χ2n) is 9.51. The highest BCUT2D eigenvalue weighted by Crippen LogP contribution is 2.55. The molecule has 0 unspecified atom stereocenters. The Hall–Kier alpha value is -3.97. The number of benzene rings is 4. The van der Waals surface area contributed by atoms with Crippen LogP contribution in [0.5, 0.6) is 11.5 Å². The zero-order chi connectivity index (χ0) is 32.1. The molecule has 44 heavy (non-hydrogen) atoms. The van der Waals surface area contributed by atoms with Crippen LogP contribution in [0.4, 0.5) is 17.1 Å². The molecule has 0 fully saturated rings. The second-order valence-corrected chi connectivity index (χ2v) is 14.9. The van der Waals surface area contributed by atoms with Crippen molar-refractivity contribution in [2.45, 2.75) is 26.5 Å². The third-order valence-electron chi connectivity index (χ3n) is 6.63. The van der Waals surface area contributed by atoms with Crippen LogP contribution in [-0.4, -0.2) is 39.3 Å². The first-order valence-corrected chi connectivity index (χ1v) is 17.0. The molecule has 2 aliphatic heterocycles. The van der Waals surface area contributed by atoms with Gasteiger partial charge in [0.2, 0.25) is 9.84 Å². The number of nitrogens with two attached hydrogens (primary N) is 1. The quantitative estimate of drug-likeness (QED) is 0.0946. The molecule has 3 aromatic rings. The number of sulfone groups is 1. The van der Waals surface area contributed by atoms with Crippen molar-refractivity contribution in [2.75, 3.05) is 11.1 Å². The number of hydrogen-bond donors (Lipinski definition) is 5. The fourth-order valence-corrected chi connectivity index (χ4v) is 8.10. The fraction of sp³-hybridized carbons (Fsp3) is 0.0400. The first kappa shape index (κ1) is 30.1. The first-order valence-electron chi connectivity index (χ1n) is 11.9. The molecule has 2 heterocycles. The van der Waals surface area contributed by atoms with Crippen LogP contribution in [0, 0.1) is 12.3 Å². The standard InChI is InChI=1S/C25H16Cl2N4O10S3/c1-9-2-4-10(5-3-9)42(32,33)14-8-13-21(25(17(14)29)44(37,38)39)41-23-15(26)18-22(16(27)19(23)31-13)40-20-12(30-18)7-6-11(28)24(20)43(34,35)36/h2-8,29-30H,28H2,1H3,(H,34,35,36)(H,37,38,39). The SMILES string of the molecule is Cc1ccc(S(=O)(=O)c2cc3nc4c(Cl)c5c(c(Cl)c4oc-3c(S(=O)(=O)O)c2=N)Nc2ccc(N)c(S(=O)(=O)O)c2O5)cc1. The predicted molar refractivity (Wildman–Crippen MR) is 157 cm³/mol. The molecular formula is C25H16Cl2N4O10S3. The van der Waals surface area contributed by atoms with Gasteiger partial charge in [-0.25, -0.2) is 13.4 Å². The average Bonchev–Trinajstić information content (AvgIpc) is 2.92. The Bertz CT molecular complexity index is 2470. The number of aryl methyl sites for hydroxylation is 1. The number of nitrogen functional groups attached to an aromatic ring is 1. The van der Waals surface area contributed by atoms with Crippen LogP contribution < -0.4 is 21.1 Å². The molecule has 0 saturated heterocycles. The van der Waals surface area contributed by atoms with Crippen LogP contribution >= 0.6 is 23.2 Å². The van der Waals surface area contributed by atoms with E-state index in [-0.39, 0.29) is 48.9 Å². The van der Waals surface area contributed by atoms with Crippen LogP contribution in [0.3, 0.4) is 0 Å². The predicted octanol–water partition coefficient (Wildman–Crippen LogP) is 4.78. The van der Waals surface area contributed by atoms with Gasteiger partial charge in [-0.2, -0.15) is 16.8 Å². The minimum atomic E-state index is -5.30. The van der Waals surface area contributed by atoms with Gasteiger partial charge in [-0.15, -0.1) is 0 Å². The Labute approximate surface area is 258 Å². The van der Waals surface area contributed by atoms with Crippen molar-refractivity contribution in [1.29, 1.82) is 5.41 Å². The number of aromatic nitrogens is 1. The molecule has 14 nitrogen and oxygen atoms in total. The van der Waals surface area contributed by atoms with Gasteiger partial charge >= 0.3 is 10.1 Å². The van der Waals surface area contributed by atoms with Crippen LogP contribution in [0.25, 0.3) is 22.6 Å². The van der Waals surface area contributed by atoms with E-state index in [9.17, 15) is 34.4 Å². The number of nitrogens with zero attached hydrogens (tertiary/aromatic N) is 1. The lowest BCUT2D eigenvalue weighted by Crippen LogP contribution is -2.24. The van der Waals surface area contributed by atoms with Gasteiger partial charge in [0, 0.05) is 0 Å². The van der Waals surface area contributed by atoms with Crippen molar-refractivity contribution in [3.05, 3.63) is 63.4 Å². The van der Waals surface area contributed by atoms with Gasteiger partial charge in [-0.1, -0.05) is 40.9 Å². The second kappa shape index (κ2) is 9.77. The minimum absolute atomic E-state index is 0.0107. The summed E-state index contributed by atoms with van der Waals surface area (Å²) in [7, 11) is -14.7. The van der Waals surface area contributed by atoms with E-state index in [1.165, 1.54) is 36.4 Å². The van der Waals surface area contributed by atoms with E-state index < -0.39 is 67.3 Å². The summed E-state index contributed by atoms with van der Waals surface area (Å²) in [4.78, 5) is 1.22. The van der Waals surface area contributed by atoms with Crippen LogP contribution in [-0.2, 0) is 30.1 Å². The average molecular weight is 700 g/mol. The van der Waals surface area contributed by atoms with Gasteiger partial charge in [0.15, 0.2) is 32.6 Å². The molecular weight excluding hydrogens is 683 g/mol. The third kappa shape index (κ3) is 4.55. The molecule has 0 spiro atoms. The maximum absolute atomic E-state index is 13.5. The summed E-state index contributed by atoms with van der Waals surface area (Å²) >= 11 is 13.2. The van der Waals surface area contributed by atoms with Crippen LogP contribution in [0.1, 0.15) is 5.56 Å². The lowest BCUT2D eigenvalue weighted by atomic mass is 10.1. The maximum Gasteiger partial charge on any atom is 0.300 e. The topological polar surface area (TPSA) is 240 Å². The molecule has 0 aromatic heterocycles. The van der Waals surface area contributed by atoms with Gasteiger partial charge in [0.25, 0.3) is 10.1 Å². The highest BCUT2D eigenvalue weighted by Gasteiger charge is 2.36. The number of rotatable bonds is 4. The molecule has 0 bridgehead atoms. The fourth-order valence-electron chi connectivity index (χ4n) is 4.63. The number of ether oxygens (including phenoxy) is 1. The molecule has 0 radical (unpaired) electrons. The number of halogens is 2. The minimum Gasteiger partial charge on any atom is -0.450 e. The Morgan fingerprint density at radius 3 is 2.16 bits per heavy atom. The molecule has 228 valence electrons. The molecule has 3 aliphatic rings. The first-order chi connectivity index (χ1) is 20.4. The van der Waals surface area contributed by atoms with E-state index in [0.29, 0.717) is 0 Å². The van der Waals surface area contributed by atoms with Gasteiger partial charge < -0.3 is 20.2 Å². The Morgan fingerprint density at radius 1 is 0.909 bits per heavy atom. The molecule has 6 rings (SSSR count). The van der Waals surface area contributed by atoms with E-state index in [0.717, 1.165) is 11.6 Å². The third-order valence-corrected chi connectivity index (χ3v) is 11.0. The molecule has 6 N–H and O–H groups in total. The number of hydrogen-bond acceptors (Lipinski definition) is 12. The van der Waals surface area contributed by atoms with Crippen molar-refractivity contribution in [1.82, 2.24) is 4.98 Å². The van der Waals surface area contributed by atoms with Crippen molar-refractivity contribution >= 4 is 81.4 Å². The van der Waals surface area contributed by atoms with Gasteiger partial charge in [-0.3, -0.25) is 14.5 Å². The van der Waals surface area contributed by atoms with Gasteiger partial charge in [-0.05, 0) is 37.3 Å². The summed E-state index contributed by atoms with van der Waals surface area (Å²) < 4.78 is 108. The Kier molecular flexibility index (Phi) is 6.67. The molecule has 1 aliphatic carbocycles. The number of anilines is 3. The lowest BCUT2D eigenvalue weighted by Gasteiger charge is -2.26. The normalized spacial score (nSPS) is 13.3. The van der Waals surface area contributed by atoms with Crippen LogP contribution in [0.2, 0.25) is 10.0 Å². The van der Waals surface area contributed by atoms with Gasteiger partial charge in [0.05, 0.1) is 21.6 Å². The summed E-state index contributed by atoms with van der Waals surface area (Å²) in [6.07, 6.45) is 0. The number of fused-ring (bicyclic) bond motifs is 4. The van der Waals surface area contributed by atoms with Gasteiger partial charge in [0.1, 0.15) is 31.8 Å². The Morgan fingerprint density at radius 2 is 1.55 bits per heavy atom. The van der Waals surface area contributed by atoms with E-state index in [4.69, 9.17) is 43.5 Å². The van der Waals surface area contributed by atoms with E-state index in [1.807, 2.05) is 0 Å². The van der Waals surface area contributed by atoms with Crippen molar-refractivity contribution in [3.8, 4) is 23.0 Å². The highest BCUT2D eigenvalue weighted by atomic mass is 35.5. The monoisotopic (exact) mass is 698 g/mol. The molecule has 0 atom stereocenters. The van der Waals surface area contributed by atoms with Crippen LogP contribution in [0.15, 0.2) is 66.5 Å². The zero-order valence-electron chi connectivity index (χ0n) is 21.7. The van der Waals surface area contributed by atoms with E-state index >= 15 is 0 Å². The van der Waals surface area contributed by atoms with E-state index in [2.05, 4.69) is 10.3 Å². The summed E-state index contributed by atoms with van der Waals surface area (Å²) in [6.45, 7) is 1.72. The molecule has 0 saturated carbocycles. The summed E-state index contributed by atoms with van der Waals surface area (Å²) in [5.74, 6) is -1.42. The maximum atomic E-state index is 13.5. The summed E-state index contributed by atoms with van der Waals surface area (Å²) in [6, 6.07) is 8.90. The van der Waals surface area contributed by atoms with Crippen molar-refractivity contribution in [3.63, 3.8) is 0 Å². The summed E-state index contributed by atoms with van der Waals surface area (Å²) in [5.41, 5.74) is 4.92. The largest absolute Gasteiger partial charge is 0.450 e. The highest BCUT2D eigenvalue weighted by molar-refractivity contribution is 7.91. The molecule has 19 heteroatoms. The van der Waals surface area contributed by atoms with Crippen molar-refractivity contribution < 1.29 is 43.5 Å². The summed E-state index contributed by atoms with van der Waals surface area (Å²) in [5, 5.41) is 9.51. The molecule has 0 amide bonds. The zero-order valence-corrected chi connectivity index (χ0v) is 25.7. The Balaban J connectivity index is 1.68.